The maximum absolute atomic E-state index is 11.4. The van der Waals surface area contributed by atoms with Crippen molar-refractivity contribution >= 4 is 9.84 Å². The van der Waals surface area contributed by atoms with Crippen LogP contribution in [-0.4, -0.2) is 14.7 Å². The van der Waals surface area contributed by atoms with Gasteiger partial charge in [0.05, 0.1) is 11.4 Å². The van der Waals surface area contributed by atoms with E-state index < -0.39 is 9.84 Å². The molecule has 1 aromatic carbocycles. The molecule has 0 bridgehead atoms. The number of azide groups is 1. The molecule has 0 N–H and O–H groups in total. The number of rotatable bonds is 3. The molecule has 0 atom stereocenters. The van der Waals surface area contributed by atoms with Crippen molar-refractivity contribution in [1.82, 2.24) is 0 Å². The topological polar surface area (TPSA) is 82.9 Å². The Kier molecular flexibility index (Phi) is 3.34. The zero-order valence-corrected chi connectivity index (χ0v) is 9.32. The van der Waals surface area contributed by atoms with Gasteiger partial charge in [-0.2, -0.15) is 0 Å². The first-order chi connectivity index (χ1) is 6.95. The minimum absolute atomic E-state index is 0.166. The monoisotopic (exact) mass is 225 g/mol. The second-order valence-corrected chi connectivity index (χ2v) is 5.25. The summed E-state index contributed by atoms with van der Waals surface area (Å²) in [7, 11) is -3.22. The number of nitrogens with zero attached hydrogens (tertiary/aromatic N) is 3. The van der Waals surface area contributed by atoms with Crippen LogP contribution in [0, 0.1) is 6.92 Å². The summed E-state index contributed by atoms with van der Waals surface area (Å²) >= 11 is 0. The first kappa shape index (κ1) is 11.6. The lowest BCUT2D eigenvalue weighted by atomic mass is 10.1. The van der Waals surface area contributed by atoms with E-state index in [1.165, 1.54) is 0 Å². The lowest BCUT2D eigenvalue weighted by molar-refractivity contribution is 0.601. The van der Waals surface area contributed by atoms with Gasteiger partial charge in [-0.05, 0) is 29.6 Å². The molecule has 0 radical (unpaired) electrons. The highest BCUT2D eigenvalue weighted by molar-refractivity contribution is 7.90. The third-order valence-corrected chi connectivity index (χ3v) is 3.21. The van der Waals surface area contributed by atoms with Gasteiger partial charge in [0, 0.05) is 11.2 Å². The second-order valence-electron chi connectivity index (χ2n) is 3.26. The Hall–Kier alpha value is -1.52. The van der Waals surface area contributed by atoms with Crippen LogP contribution in [-0.2, 0) is 16.4 Å². The fourth-order valence-electron chi connectivity index (χ4n) is 1.26. The van der Waals surface area contributed by atoms with Gasteiger partial charge >= 0.3 is 0 Å². The number of hydrogen-bond donors (Lipinski definition) is 0. The van der Waals surface area contributed by atoms with Gasteiger partial charge in [0.25, 0.3) is 0 Å². The summed E-state index contributed by atoms with van der Waals surface area (Å²) in [5, 5.41) is 3.38. The molecule has 0 aliphatic carbocycles. The molecule has 15 heavy (non-hydrogen) atoms. The summed E-state index contributed by atoms with van der Waals surface area (Å²) in [5.41, 5.74) is 9.54. The van der Waals surface area contributed by atoms with Crippen molar-refractivity contribution in [3.05, 3.63) is 39.8 Å². The molecule has 0 fully saturated rings. The number of benzene rings is 1. The Morgan fingerprint density at radius 3 is 2.67 bits per heavy atom. The second kappa shape index (κ2) is 4.33. The number of sulfone groups is 1. The predicted molar refractivity (Wildman–Crippen MR) is 57.1 cm³/mol. The van der Waals surface area contributed by atoms with E-state index in [1.807, 2.05) is 0 Å². The van der Waals surface area contributed by atoms with Gasteiger partial charge in [-0.3, -0.25) is 0 Å². The molecule has 0 saturated carbocycles. The predicted octanol–water partition coefficient (Wildman–Crippen LogP) is 2.21. The van der Waals surface area contributed by atoms with Crippen LogP contribution >= 0.6 is 0 Å². The quantitative estimate of drug-likeness (QED) is 0.449. The zero-order valence-electron chi connectivity index (χ0n) is 8.51. The van der Waals surface area contributed by atoms with Crippen molar-refractivity contribution in [3.8, 4) is 0 Å². The Labute approximate surface area is 88.3 Å². The van der Waals surface area contributed by atoms with Crippen LogP contribution in [0.2, 0.25) is 0 Å². The van der Waals surface area contributed by atoms with Crippen LogP contribution in [0.4, 0.5) is 0 Å². The van der Waals surface area contributed by atoms with Crippen LogP contribution in [0.3, 0.4) is 0 Å². The summed E-state index contributed by atoms with van der Waals surface area (Å²) in [4.78, 5) is 2.91. The Morgan fingerprint density at radius 1 is 1.47 bits per heavy atom. The average molecular weight is 225 g/mol. The number of hydrogen-bond acceptors (Lipinski definition) is 3. The van der Waals surface area contributed by atoms with E-state index in [1.54, 1.807) is 25.1 Å². The smallest absolute Gasteiger partial charge is 0.175 e. The molecule has 0 aliphatic heterocycles. The highest BCUT2D eigenvalue weighted by atomic mass is 32.2. The van der Waals surface area contributed by atoms with E-state index in [4.69, 9.17) is 5.53 Å². The van der Waals surface area contributed by atoms with Gasteiger partial charge in [-0.1, -0.05) is 17.2 Å². The average Bonchev–Trinajstić information content (AvgIpc) is 2.15. The summed E-state index contributed by atoms with van der Waals surface area (Å²) in [6.45, 7) is 1.90. The standard InChI is InChI=1S/C9H11N3O2S/c1-7-3-4-8(6-11-12-10)5-9(7)15(2,13)14/h3-5H,6H2,1-2H3. The van der Waals surface area contributed by atoms with Crippen LogP contribution < -0.4 is 0 Å². The lowest BCUT2D eigenvalue weighted by Gasteiger charge is -2.05. The van der Waals surface area contributed by atoms with Crippen molar-refractivity contribution in [3.63, 3.8) is 0 Å². The molecule has 1 rings (SSSR count). The third kappa shape index (κ3) is 2.97. The first-order valence-corrected chi connectivity index (χ1v) is 6.14. The molecule has 0 saturated heterocycles. The van der Waals surface area contributed by atoms with Crippen LogP contribution in [0.15, 0.2) is 28.2 Å². The third-order valence-electron chi connectivity index (χ3n) is 1.97. The van der Waals surface area contributed by atoms with Gasteiger partial charge in [-0.15, -0.1) is 0 Å². The van der Waals surface area contributed by atoms with Gasteiger partial charge in [0.2, 0.25) is 0 Å². The molecule has 0 aromatic heterocycles. The molecule has 0 heterocycles. The van der Waals surface area contributed by atoms with E-state index >= 15 is 0 Å². The minimum Gasteiger partial charge on any atom is -0.224 e. The molecule has 6 heteroatoms. The SMILES string of the molecule is Cc1ccc(CN=[N+]=[N-])cc1S(C)(=O)=O. The van der Waals surface area contributed by atoms with Gasteiger partial charge < -0.3 is 0 Å². The molecular weight excluding hydrogens is 214 g/mol. The van der Waals surface area contributed by atoms with Gasteiger partial charge in [-0.25, -0.2) is 8.42 Å². The minimum atomic E-state index is -3.22. The maximum atomic E-state index is 11.4. The molecule has 1 aromatic rings. The highest BCUT2D eigenvalue weighted by Crippen LogP contribution is 2.17. The molecule has 0 spiro atoms. The molecule has 80 valence electrons. The summed E-state index contributed by atoms with van der Waals surface area (Å²) in [5.74, 6) is 0. The first-order valence-electron chi connectivity index (χ1n) is 4.25. The number of aryl methyl sites for hydroxylation is 1. The molecule has 5 nitrogen and oxygen atoms in total. The van der Waals surface area contributed by atoms with E-state index in [2.05, 4.69) is 10.0 Å². The lowest BCUT2D eigenvalue weighted by Crippen LogP contribution is -2.00. The molecular formula is C9H11N3O2S. The normalized spacial score (nSPS) is 10.8. The fraction of sp³-hybridized carbons (Fsp3) is 0.333. The van der Waals surface area contributed by atoms with Crippen molar-refractivity contribution in [2.45, 2.75) is 18.4 Å². The van der Waals surface area contributed by atoms with Crippen molar-refractivity contribution in [2.24, 2.45) is 5.11 Å². The van der Waals surface area contributed by atoms with Crippen molar-refractivity contribution in [2.75, 3.05) is 6.26 Å². The molecule has 0 aliphatic rings. The van der Waals surface area contributed by atoms with E-state index in [9.17, 15) is 8.42 Å². The zero-order chi connectivity index (χ0) is 11.5. The Bertz CT molecular complexity index is 516. The fourth-order valence-corrected chi connectivity index (χ4v) is 2.27. The highest BCUT2D eigenvalue weighted by Gasteiger charge is 2.10. The molecule has 0 unspecified atom stereocenters. The van der Waals surface area contributed by atoms with Crippen LogP contribution in [0.1, 0.15) is 11.1 Å². The van der Waals surface area contributed by atoms with Gasteiger partial charge in [0.1, 0.15) is 0 Å². The van der Waals surface area contributed by atoms with Crippen LogP contribution in [0.5, 0.6) is 0 Å². The van der Waals surface area contributed by atoms with E-state index in [0.717, 1.165) is 6.26 Å². The summed E-state index contributed by atoms with van der Waals surface area (Å²) < 4.78 is 22.8. The van der Waals surface area contributed by atoms with Gasteiger partial charge in [0.15, 0.2) is 9.84 Å². The Balaban J connectivity index is 3.23. The van der Waals surface area contributed by atoms with E-state index in [0.29, 0.717) is 11.1 Å². The Morgan fingerprint density at radius 2 is 2.13 bits per heavy atom. The van der Waals surface area contributed by atoms with E-state index in [-0.39, 0.29) is 11.4 Å². The largest absolute Gasteiger partial charge is 0.224 e. The van der Waals surface area contributed by atoms with Crippen molar-refractivity contribution < 1.29 is 8.42 Å². The molecule has 0 amide bonds. The van der Waals surface area contributed by atoms with Crippen LogP contribution in [0.25, 0.3) is 10.4 Å². The van der Waals surface area contributed by atoms with Crippen molar-refractivity contribution in [1.29, 1.82) is 0 Å². The summed E-state index contributed by atoms with van der Waals surface area (Å²) in [6, 6.07) is 5.00. The maximum Gasteiger partial charge on any atom is 0.175 e. The summed E-state index contributed by atoms with van der Waals surface area (Å²) in [6.07, 6.45) is 1.16.